The quantitative estimate of drug-likeness (QED) is 0.545. The van der Waals surface area contributed by atoms with E-state index in [1.54, 1.807) is 40.8 Å². The number of carbonyl (C=O) groups is 1. The lowest BCUT2D eigenvalue weighted by Crippen LogP contribution is -2.23. The first kappa shape index (κ1) is 17.9. The average Bonchev–Trinajstić information content (AvgIpc) is 3.41. The van der Waals surface area contributed by atoms with Gasteiger partial charge in [-0.25, -0.2) is 4.98 Å². The molecule has 6 nitrogen and oxygen atoms in total. The largest absolute Gasteiger partial charge is 0.472 e. The van der Waals surface area contributed by atoms with Crippen molar-refractivity contribution in [1.82, 2.24) is 14.9 Å². The molecule has 28 heavy (non-hydrogen) atoms. The minimum Gasteiger partial charge on any atom is -0.472 e. The van der Waals surface area contributed by atoms with Crippen LogP contribution in [0.15, 0.2) is 81.8 Å². The first-order chi connectivity index (χ1) is 13.7. The summed E-state index contributed by atoms with van der Waals surface area (Å²) in [7, 11) is 0. The van der Waals surface area contributed by atoms with E-state index < -0.39 is 0 Å². The van der Waals surface area contributed by atoms with Crippen molar-refractivity contribution in [2.24, 2.45) is 0 Å². The van der Waals surface area contributed by atoms with Crippen molar-refractivity contribution in [3.63, 3.8) is 0 Å². The molecule has 1 aromatic carbocycles. The molecule has 0 fully saturated rings. The van der Waals surface area contributed by atoms with Crippen molar-refractivity contribution in [2.75, 3.05) is 0 Å². The Hall–Kier alpha value is -3.45. The highest BCUT2D eigenvalue weighted by Gasteiger charge is 2.12. The average molecular weight is 391 g/mol. The Bertz CT molecular complexity index is 1130. The van der Waals surface area contributed by atoms with E-state index in [0.29, 0.717) is 18.8 Å². The molecule has 0 saturated carbocycles. The Balaban J connectivity index is 1.35. The van der Waals surface area contributed by atoms with Crippen LogP contribution in [-0.4, -0.2) is 15.5 Å². The first-order valence-electron chi connectivity index (χ1n) is 8.68. The van der Waals surface area contributed by atoms with Crippen molar-refractivity contribution in [3.8, 4) is 10.6 Å². The fourth-order valence-electron chi connectivity index (χ4n) is 2.72. The normalized spacial score (nSPS) is 10.7. The molecule has 4 rings (SSSR count). The van der Waals surface area contributed by atoms with Crippen molar-refractivity contribution in [2.45, 2.75) is 13.1 Å². The monoisotopic (exact) mass is 391 g/mol. The molecule has 1 N–H and O–H groups in total. The van der Waals surface area contributed by atoms with E-state index in [9.17, 15) is 9.59 Å². The molecule has 0 atom stereocenters. The maximum atomic E-state index is 12.3. The molecular formula is C21H17N3O3S. The first-order valence-corrected chi connectivity index (χ1v) is 9.56. The predicted octanol–water partition coefficient (Wildman–Crippen LogP) is 3.54. The van der Waals surface area contributed by atoms with Crippen LogP contribution >= 0.6 is 11.3 Å². The van der Waals surface area contributed by atoms with Gasteiger partial charge in [-0.3, -0.25) is 9.59 Å². The zero-order valence-corrected chi connectivity index (χ0v) is 15.7. The Morgan fingerprint density at radius 3 is 2.68 bits per heavy atom. The van der Waals surface area contributed by atoms with Gasteiger partial charge in [0.1, 0.15) is 17.0 Å². The highest BCUT2D eigenvalue weighted by molar-refractivity contribution is 7.13. The van der Waals surface area contributed by atoms with Gasteiger partial charge < -0.3 is 14.3 Å². The molecular weight excluding hydrogens is 374 g/mol. The number of hydrogen-bond donors (Lipinski definition) is 1. The Morgan fingerprint density at radius 1 is 1.11 bits per heavy atom. The van der Waals surface area contributed by atoms with Crippen LogP contribution in [0.3, 0.4) is 0 Å². The van der Waals surface area contributed by atoms with Crippen LogP contribution in [0.5, 0.6) is 0 Å². The van der Waals surface area contributed by atoms with E-state index in [-0.39, 0.29) is 11.5 Å². The van der Waals surface area contributed by atoms with Crippen molar-refractivity contribution in [1.29, 1.82) is 0 Å². The summed E-state index contributed by atoms with van der Waals surface area (Å²) in [5.74, 6) is -0.217. The van der Waals surface area contributed by atoms with Crippen LogP contribution in [0.4, 0.5) is 0 Å². The Kier molecular flexibility index (Phi) is 5.16. The van der Waals surface area contributed by atoms with Crippen molar-refractivity contribution < 1.29 is 9.21 Å². The third kappa shape index (κ3) is 4.10. The Morgan fingerprint density at radius 2 is 1.93 bits per heavy atom. The molecule has 0 aliphatic carbocycles. The van der Waals surface area contributed by atoms with Crippen LogP contribution < -0.4 is 10.9 Å². The molecule has 0 unspecified atom stereocenters. The zero-order valence-electron chi connectivity index (χ0n) is 14.9. The van der Waals surface area contributed by atoms with Crippen LogP contribution in [0.2, 0.25) is 0 Å². The van der Waals surface area contributed by atoms with E-state index >= 15 is 0 Å². The summed E-state index contributed by atoms with van der Waals surface area (Å²) in [6.45, 7) is 0.922. The number of nitrogens with one attached hydrogen (secondary N) is 1. The summed E-state index contributed by atoms with van der Waals surface area (Å²) in [5.41, 5.74) is 3.21. The lowest BCUT2D eigenvalue weighted by Gasteiger charge is -2.07. The fraction of sp³-hybridized carbons (Fsp3) is 0.0952. The van der Waals surface area contributed by atoms with Gasteiger partial charge in [0, 0.05) is 29.8 Å². The van der Waals surface area contributed by atoms with Gasteiger partial charge in [0.05, 0.1) is 12.8 Å². The van der Waals surface area contributed by atoms with E-state index in [0.717, 1.165) is 21.7 Å². The molecule has 0 aliphatic heterocycles. The number of furan rings is 1. The van der Waals surface area contributed by atoms with E-state index in [1.807, 2.05) is 36.4 Å². The van der Waals surface area contributed by atoms with Crippen molar-refractivity contribution >= 4 is 17.2 Å². The SMILES string of the molecule is O=C(NCc1ccc(Cn2ccccc2=O)cc1)c1csc(-c2ccoc2)n1. The molecule has 4 aromatic rings. The second-order valence-corrected chi connectivity index (χ2v) is 7.07. The van der Waals surface area contributed by atoms with Gasteiger partial charge >= 0.3 is 0 Å². The topological polar surface area (TPSA) is 77.1 Å². The zero-order chi connectivity index (χ0) is 19.3. The second kappa shape index (κ2) is 8.06. The van der Waals surface area contributed by atoms with Gasteiger partial charge in [-0.1, -0.05) is 30.3 Å². The molecule has 3 heterocycles. The van der Waals surface area contributed by atoms with E-state index in [4.69, 9.17) is 4.42 Å². The van der Waals surface area contributed by atoms with Gasteiger partial charge in [0.25, 0.3) is 11.5 Å². The number of amides is 1. The molecule has 0 aliphatic rings. The fourth-order valence-corrected chi connectivity index (χ4v) is 3.51. The van der Waals surface area contributed by atoms with Gasteiger partial charge in [-0.15, -0.1) is 11.3 Å². The maximum Gasteiger partial charge on any atom is 0.271 e. The number of hydrogen-bond acceptors (Lipinski definition) is 5. The predicted molar refractivity (Wildman–Crippen MR) is 107 cm³/mol. The highest BCUT2D eigenvalue weighted by atomic mass is 32.1. The minimum atomic E-state index is -0.217. The summed E-state index contributed by atoms with van der Waals surface area (Å²) in [4.78, 5) is 28.5. The summed E-state index contributed by atoms with van der Waals surface area (Å²) in [5, 5.41) is 5.36. The van der Waals surface area contributed by atoms with Crippen molar-refractivity contribution in [3.05, 3.63) is 99.8 Å². The maximum absolute atomic E-state index is 12.3. The third-order valence-corrected chi connectivity index (χ3v) is 5.12. The molecule has 0 saturated heterocycles. The number of rotatable bonds is 6. The Labute approximate surface area is 165 Å². The van der Waals surface area contributed by atoms with E-state index in [1.165, 1.54) is 11.3 Å². The van der Waals surface area contributed by atoms with Crippen LogP contribution in [0.1, 0.15) is 21.6 Å². The van der Waals surface area contributed by atoms with Gasteiger partial charge in [0.15, 0.2) is 0 Å². The molecule has 7 heteroatoms. The van der Waals surface area contributed by atoms with Gasteiger partial charge in [-0.2, -0.15) is 0 Å². The molecule has 3 aromatic heterocycles. The number of carbonyl (C=O) groups excluding carboxylic acids is 1. The number of pyridine rings is 1. The lowest BCUT2D eigenvalue weighted by molar-refractivity contribution is 0.0946. The summed E-state index contributed by atoms with van der Waals surface area (Å²) < 4.78 is 6.69. The number of thiazole rings is 1. The molecule has 0 spiro atoms. The lowest BCUT2D eigenvalue weighted by atomic mass is 10.1. The highest BCUT2D eigenvalue weighted by Crippen LogP contribution is 2.23. The number of aromatic nitrogens is 2. The minimum absolute atomic E-state index is 0.0307. The summed E-state index contributed by atoms with van der Waals surface area (Å²) in [6, 6.07) is 14.7. The second-order valence-electron chi connectivity index (χ2n) is 6.22. The molecule has 1 amide bonds. The van der Waals surface area contributed by atoms with Crippen LogP contribution in [0.25, 0.3) is 10.6 Å². The summed E-state index contributed by atoms with van der Waals surface area (Å²) >= 11 is 1.40. The third-order valence-electron chi connectivity index (χ3n) is 4.23. The molecule has 140 valence electrons. The van der Waals surface area contributed by atoms with Crippen LogP contribution in [-0.2, 0) is 13.1 Å². The molecule has 0 radical (unpaired) electrons. The standard InChI is InChI=1S/C21H17N3O3S/c25-19-3-1-2-9-24(19)12-16-6-4-15(5-7-16)11-22-20(26)18-14-28-21(23-18)17-8-10-27-13-17/h1-10,13-14H,11-12H2,(H,22,26). The summed E-state index contributed by atoms with van der Waals surface area (Å²) in [6.07, 6.45) is 4.95. The number of benzene rings is 1. The van der Waals surface area contributed by atoms with Gasteiger partial charge in [0.2, 0.25) is 0 Å². The van der Waals surface area contributed by atoms with Crippen LogP contribution in [0, 0.1) is 0 Å². The number of nitrogens with zero attached hydrogens (tertiary/aromatic N) is 2. The smallest absolute Gasteiger partial charge is 0.271 e. The van der Waals surface area contributed by atoms with Gasteiger partial charge in [-0.05, 0) is 23.3 Å². The molecule has 0 bridgehead atoms. The van der Waals surface area contributed by atoms with E-state index in [2.05, 4.69) is 10.3 Å².